The molecule has 0 N–H and O–H groups in total. The summed E-state index contributed by atoms with van der Waals surface area (Å²) in [6.45, 7) is 0. The molecule has 0 spiro atoms. The van der Waals surface area contributed by atoms with Gasteiger partial charge in [-0.2, -0.15) is 0 Å². The molecule has 1 heterocycles. The molecule has 0 aliphatic heterocycles. The molecule has 0 amide bonds. The number of oxime groups is 1. The van der Waals surface area contributed by atoms with E-state index in [0.717, 1.165) is 36.1 Å². The van der Waals surface area contributed by atoms with Crippen LogP contribution in [-0.2, 0) is 4.84 Å². The molecular formula is C14H14N2O. The highest BCUT2D eigenvalue weighted by Gasteiger charge is 2.07. The van der Waals surface area contributed by atoms with Crippen LogP contribution in [0.15, 0.2) is 41.3 Å². The predicted octanol–water partition coefficient (Wildman–Crippen LogP) is 2.55. The molecule has 1 aliphatic rings. The molecule has 86 valence electrons. The third-order valence-corrected chi connectivity index (χ3v) is 2.48. The van der Waals surface area contributed by atoms with Crippen LogP contribution in [0, 0.1) is 11.8 Å². The minimum absolute atomic E-state index is 0.967. The summed E-state index contributed by atoms with van der Waals surface area (Å²) in [6.07, 6.45) is 8.57. The number of nitrogens with zero attached hydrogens (tertiary/aromatic N) is 2. The van der Waals surface area contributed by atoms with E-state index < -0.39 is 0 Å². The van der Waals surface area contributed by atoms with Crippen molar-refractivity contribution in [1.29, 1.82) is 0 Å². The predicted molar refractivity (Wildman–Crippen MR) is 67.5 cm³/mol. The summed E-state index contributed by atoms with van der Waals surface area (Å²) in [7, 11) is 1.57. The summed E-state index contributed by atoms with van der Waals surface area (Å²) >= 11 is 0. The average molecular weight is 226 g/mol. The van der Waals surface area contributed by atoms with E-state index in [1.54, 1.807) is 19.5 Å². The van der Waals surface area contributed by atoms with Crippen LogP contribution in [0.3, 0.4) is 0 Å². The summed E-state index contributed by atoms with van der Waals surface area (Å²) in [5, 5.41) is 3.95. The van der Waals surface area contributed by atoms with Crippen molar-refractivity contribution < 1.29 is 4.84 Å². The SMILES string of the molecule is CO/N=C1/C=C(C#Cc2ccncc2)CCC1. The van der Waals surface area contributed by atoms with Gasteiger partial charge < -0.3 is 4.84 Å². The maximum atomic E-state index is 4.78. The number of pyridine rings is 1. The quantitative estimate of drug-likeness (QED) is 0.545. The Kier molecular flexibility index (Phi) is 3.93. The summed E-state index contributed by atoms with van der Waals surface area (Å²) in [4.78, 5) is 8.74. The Hall–Kier alpha value is -2.08. The Bertz CT molecular complexity index is 492. The minimum Gasteiger partial charge on any atom is -0.399 e. The van der Waals surface area contributed by atoms with Crippen LogP contribution in [0.2, 0.25) is 0 Å². The first kappa shape index (κ1) is 11.4. The largest absolute Gasteiger partial charge is 0.399 e. The zero-order valence-corrected chi connectivity index (χ0v) is 9.81. The van der Waals surface area contributed by atoms with Crippen LogP contribution in [0.4, 0.5) is 0 Å². The molecule has 0 bridgehead atoms. The molecule has 0 radical (unpaired) electrons. The van der Waals surface area contributed by atoms with Gasteiger partial charge in [0.05, 0.1) is 5.71 Å². The van der Waals surface area contributed by atoms with Crippen molar-refractivity contribution >= 4 is 5.71 Å². The molecule has 1 aliphatic carbocycles. The smallest absolute Gasteiger partial charge is 0.106 e. The van der Waals surface area contributed by atoms with Gasteiger partial charge in [0.1, 0.15) is 7.11 Å². The highest BCUT2D eigenvalue weighted by Crippen LogP contribution is 2.15. The lowest BCUT2D eigenvalue weighted by atomic mass is 9.98. The van der Waals surface area contributed by atoms with Crippen molar-refractivity contribution in [2.75, 3.05) is 7.11 Å². The average Bonchev–Trinajstić information content (AvgIpc) is 2.39. The first-order valence-corrected chi connectivity index (χ1v) is 5.61. The summed E-state index contributed by atoms with van der Waals surface area (Å²) < 4.78 is 0. The van der Waals surface area contributed by atoms with Crippen molar-refractivity contribution in [3.63, 3.8) is 0 Å². The van der Waals surface area contributed by atoms with E-state index in [1.165, 1.54) is 0 Å². The van der Waals surface area contributed by atoms with Crippen molar-refractivity contribution in [2.24, 2.45) is 5.16 Å². The van der Waals surface area contributed by atoms with Crippen molar-refractivity contribution in [3.8, 4) is 11.8 Å². The molecule has 1 aromatic rings. The molecule has 0 saturated carbocycles. The fourth-order valence-electron chi connectivity index (χ4n) is 1.68. The van der Waals surface area contributed by atoms with Gasteiger partial charge in [0.15, 0.2) is 0 Å². The molecular weight excluding hydrogens is 212 g/mol. The first-order chi connectivity index (χ1) is 8.38. The fourth-order valence-corrected chi connectivity index (χ4v) is 1.68. The third-order valence-electron chi connectivity index (χ3n) is 2.48. The maximum absolute atomic E-state index is 4.78. The monoisotopic (exact) mass is 226 g/mol. The van der Waals surface area contributed by atoms with Gasteiger partial charge in [0.2, 0.25) is 0 Å². The maximum Gasteiger partial charge on any atom is 0.106 e. The van der Waals surface area contributed by atoms with E-state index in [-0.39, 0.29) is 0 Å². The lowest BCUT2D eigenvalue weighted by molar-refractivity contribution is 0.213. The molecule has 2 rings (SSSR count). The second kappa shape index (κ2) is 5.86. The van der Waals surface area contributed by atoms with E-state index in [0.29, 0.717) is 0 Å². The number of hydrogen-bond donors (Lipinski definition) is 0. The Morgan fingerprint density at radius 3 is 2.82 bits per heavy atom. The van der Waals surface area contributed by atoms with Crippen LogP contribution in [-0.4, -0.2) is 17.8 Å². The highest BCUT2D eigenvalue weighted by atomic mass is 16.6. The van der Waals surface area contributed by atoms with Gasteiger partial charge in [-0.3, -0.25) is 4.98 Å². The van der Waals surface area contributed by atoms with Crippen LogP contribution < -0.4 is 0 Å². The zero-order chi connectivity index (χ0) is 11.9. The van der Waals surface area contributed by atoms with Gasteiger partial charge in [-0.05, 0) is 37.5 Å². The molecule has 3 heteroatoms. The molecule has 0 atom stereocenters. The number of rotatable bonds is 1. The molecule has 17 heavy (non-hydrogen) atoms. The van der Waals surface area contributed by atoms with Gasteiger partial charge in [0, 0.05) is 23.5 Å². The van der Waals surface area contributed by atoms with Gasteiger partial charge >= 0.3 is 0 Å². The summed E-state index contributed by atoms with van der Waals surface area (Å²) in [5.74, 6) is 6.30. The molecule has 0 saturated heterocycles. The van der Waals surface area contributed by atoms with Crippen LogP contribution in [0.25, 0.3) is 0 Å². The van der Waals surface area contributed by atoms with Crippen LogP contribution in [0.5, 0.6) is 0 Å². The second-order valence-corrected chi connectivity index (χ2v) is 3.77. The Morgan fingerprint density at radius 2 is 2.06 bits per heavy atom. The second-order valence-electron chi connectivity index (χ2n) is 3.77. The van der Waals surface area contributed by atoms with Crippen molar-refractivity contribution in [1.82, 2.24) is 4.98 Å². The molecule has 1 aromatic heterocycles. The topological polar surface area (TPSA) is 34.5 Å². The first-order valence-electron chi connectivity index (χ1n) is 5.61. The molecule has 0 unspecified atom stereocenters. The number of hydrogen-bond acceptors (Lipinski definition) is 3. The molecule has 0 fully saturated rings. The normalized spacial score (nSPS) is 17.0. The highest BCUT2D eigenvalue weighted by molar-refractivity contribution is 5.96. The Labute approximate surface area is 101 Å². The Balaban J connectivity index is 2.14. The van der Waals surface area contributed by atoms with Crippen molar-refractivity contribution in [2.45, 2.75) is 19.3 Å². The van der Waals surface area contributed by atoms with E-state index in [2.05, 4.69) is 22.0 Å². The summed E-state index contributed by atoms with van der Waals surface area (Å²) in [6, 6.07) is 3.81. The van der Waals surface area contributed by atoms with Gasteiger partial charge in [-0.1, -0.05) is 17.0 Å². The van der Waals surface area contributed by atoms with E-state index in [4.69, 9.17) is 4.84 Å². The Morgan fingerprint density at radius 1 is 1.24 bits per heavy atom. The molecule has 3 nitrogen and oxygen atoms in total. The van der Waals surface area contributed by atoms with Crippen LogP contribution >= 0.6 is 0 Å². The standard InChI is InChI=1S/C14H14N2O/c1-17-16-14-4-2-3-13(11-14)6-5-12-7-9-15-10-8-12/h7-11H,2-4H2,1H3/b16-14+. The van der Waals surface area contributed by atoms with Gasteiger partial charge in [0.25, 0.3) is 0 Å². The van der Waals surface area contributed by atoms with Gasteiger partial charge in [-0.15, -0.1) is 0 Å². The minimum atomic E-state index is 0.967. The van der Waals surface area contributed by atoms with Gasteiger partial charge in [-0.25, -0.2) is 0 Å². The van der Waals surface area contributed by atoms with E-state index in [9.17, 15) is 0 Å². The lowest BCUT2D eigenvalue weighted by Gasteiger charge is -2.08. The van der Waals surface area contributed by atoms with E-state index in [1.807, 2.05) is 18.2 Å². The fraction of sp³-hybridized carbons (Fsp3) is 0.286. The lowest BCUT2D eigenvalue weighted by Crippen LogP contribution is -2.02. The number of allylic oxidation sites excluding steroid dienone is 2. The third kappa shape index (κ3) is 3.46. The zero-order valence-electron chi connectivity index (χ0n) is 9.81. The van der Waals surface area contributed by atoms with Crippen molar-refractivity contribution in [3.05, 3.63) is 41.7 Å². The number of aromatic nitrogens is 1. The van der Waals surface area contributed by atoms with E-state index >= 15 is 0 Å². The van der Waals surface area contributed by atoms with Crippen LogP contribution in [0.1, 0.15) is 24.8 Å². The molecule has 0 aromatic carbocycles. The summed E-state index contributed by atoms with van der Waals surface area (Å²) in [5.41, 5.74) is 3.07.